The van der Waals surface area contributed by atoms with Gasteiger partial charge in [-0.15, -0.1) is 0 Å². The van der Waals surface area contributed by atoms with Gasteiger partial charge in [-0.05, 0) is 0 Å². The molecule has 1 aromatic heterocycles. The highest BCUT2D eigenvalue weighted by Gasteiger charge is 2.17. The molecule has 0 aliphatic heterocycles. The number of nitrogens with two attached hydrogens (primary N) is 1. The molecule has 0 saturated heterocycles. The monoisotopic (exact) mass is 185 g/mol. The zero-order valence-electron chi connectivity index (χ0n) is 6.33. The van der Waals surface area contributed by atoms with Crippen LogP contribution in [-0.4, -0.2) is 10.1 Å². The Kier molecular flexibility index (Phi) is 2.28. The van der Waals surface area contributed by atoms with Gasteiger partial charge in [-0.3, -0.25) is 0 Å². The second-order valence-corrected chi connectivity index (χ2v) is 2.24. The lowest BCUT2D eigenvalue weighted by atomic mass is 10.2. The van der Waals surface area contributed by atoms with Crippen LogP contribution >= 0.6 is 0 Å². The minimum Gasteiger partial charge on any atom is -0.506 e. The number of nitrogen functional groups attached to an aromatic ring is 1. The fourth-order valence-corrected chi connectivity index (χ4v) is 0.782. The van der Waals surface area contributed by atoms with Crippen molar-refractivity contribution in [1.29, 1.82) is 5.26 Å². The van der Waals surface area contributed by atoms with Gasteiger partial charge in [0.2, 0.25) is 0 Å². The Bertz CT molecular complexity index is 373. The molecular formula is C7H5F2N3O. The van der Waals surface area contributed by atoms with Gasteiger partial charge >= 0.3 is 0 Å². The molecule has 1 heterocycles. The number of halogens is 2. The van der Waals surface area contributed by atoms with Gasteiger partial charge in [0.05, 0.1) is 5.56 Å². The molecule has 1 rings (SSSR count). The Hall–Kier alpha value is -1.90. The normalized spacial score (nSPS) is 10.0. The molecule has 68 valence electrons. The molecule has 0 amide bonds. The summed E-state index contributed by atoms with van der Waals surface area (Å²) in [7, 11) is 0. The first-order valence-corrected chi connectivity index (χ1v) is 3.24. The van der Waals surface area contributed by atoms with Crippen LogP contribution in [0.2, 0.25) is 0 Å². The first kappa shape index (κ1) is 9.19. The zero-order valence-corrected chi connectivity index (χ0v) is 6.33. The number of nitriles is 1. The van der Waals surface area contributed by atoms with Crippen LogP contribution in [0.5, 0.6) is 5.75 Å². The average Bonchev–Trinajstić information content (AvgIpc) is 2.07. The first-order chi connectivity index (χ1) is 6.06. The van der Waals surface area contributed by atoms with E-state index in [2.05, 4.69) is 4.98 Å². The van der Waals surface area contributed by atoms with Crippen LogP contribution in [0.25, 0.3) is 0 Å². The molecule has 0 spiro atoms. The molecular weight excluding hydrogens is 180 g/mol. The summed E-state index contributed by atoms with van der Waals surface area (Å²) < 4.78 is 24.2. The molecule has 6 heteroatoms. The predicted molar refractivity (Wildman–Crippen MR) is 40.0 cm³/mol. The number of pyridine rings is 1. The van der Waals surface area contributed by atoms with Crippen molar-refractivity contribution in [3.05, 3.63) is 17.3 Å². The second-order valence-electron chi connectivity index (χ2n) is 2.24. The molecule has 0 atom stereocenters. The minimum absolute atomic E-state index is 0.123. The lowest BCUT2D eigenvalue weighted by molar-refractivity contribution is 0.142. The largest absolute Gasteiger partial charge is 0.506 e. The van der Waals surface area contributed by atoms with Gasteiger partial charge < -0.3 is 10.8 Å². The van der Waals surface area contributed by atoms with E-state index in [0.717, 1.165) is 6.07 Å². The molecule has 0 aliphatic carbocycles. The van der Waals surface area contributed by atoms with Gasteiger partial charge in [-0.1, -0.05) is 0 Å². The summed E-state index contributed by atoms with van der Waals surface area (Å²) in [4.78, 5) is 3.20. The maximum atomic E-state index is 12.1. The number of nitrogens with zero attached hydrogens (tertiary/aromatic N) is 2. The second kappa shape index (κ2) is 3.23. The van der Waals surface area contributed by atoms with E-state index in [1.165, 1.54) is 0 Å². The summed E-state index contributed by atoms with van der Waals surface area (Å²) in [5.74, 6) is -1.03. The zero-order chi connectivity index (χ0) is 10.0. The van der Waals surface area contributed by atoms with E-state index in [4.69, 9.17) is 16.1 Å². The van der Waals surface area contributed by atoms with E-state index >= 15 is 0 Å². The lowest BCUT2D eigenvalue weighted by Crippen LogP contribution is -1.99. The van der Waals surface area contributed by atoms with E-state index in [1.54, 1.807) is 6.07 Å². The highest BCUT2D eigenvalue weighted by molar-refractivity contribution is 5.52. The number of hydrogen-bond acceptors (Lipinski definition) is 4. The topological polar surface area (TPSA) is 82.9 Å². The quantitative estimate of drug-likeness (QED) is 0.688. The number of anilines is 1. The SMILES string of the molecule is N#Cc1cc(O)c(C(F)F)nc1N. The number of aromatic hydroxyl groups is 1. The summed E-state index contributed by atoms with van der Waals surface area (Å²) in [6, 6.07) is 2.47. The third-order valence-electron chi connectivity index (χ3n) is 1.39. The van der Waals surface area contributed by atoms with E-state index < -0.39 is 17.9 Å². The van der Waals surface area contributed by atoms with E-state index in [0.29, 0.717) is 0 Å². The summed E-state index contributed by atoms with van der Waals surface area (Å²) in [6.45, 7) is 0. The summed E-state index contributed by atoms with van der Waals surface area (Å²) in [5.41, 5.74) is 4.23. The summed E-state index contributed by atoms with van der Waals surface area (Å²) in [6.07, 6.45) is -2.91. The Morgan fingerprint density at radius 1 is 1.62 bits per heavy atom. The maximum absolute atomic E-state index is 12.1. The fraction of sp³-hybridized carbons (Fsp3) is 0.143. The number of rotatable bonds is 1. The number of hydrogen-bond donors (Lipinski definition) is 2. The average molecular weight is 185 g/mol. The van der Waals surface area contributed by atoms with Crippen LogP contribution in [-0.2, 0) is 0 Å². The van der Waals surface area contributed by atoms with Gasteiger partial charge in [0, 0.05) is 6.07 Å². The van der Waals surface area contributed by atoms with Crippen molar-refractivity contribution in [2.45, 2.75) is 6.43 Å². The van der Waals surface area contributed by atoms with E-state index in [1.807, 2.05) is 0 Å². The van der Waals surface area contributed by atoms with Gasteiger partial charge in [0.25, 0.3) is 6.43 Å². The molecule has 0 unspecified atom stereocenters. The Balaban J connectivity index is 3.31. The lowest BCUT2D eigenvalue weighted by Gasteiger charge is -2.04. The number of aromatic nitrogens is 1. The Morgan fingerprint density at radius 2 is 2.23 bits per heavy atom. The molecule has 0 bridgehead atoms. The molecule has 0 aliphatic rings. The summed E-state index contributed by atoms with van der Waals surface area (Å²) in [5, 5.41) is 17.4. The molecule has 4 nitrogen and oxygen atoms in total. The van der Waals surface area contributed by atoms with Gasteiger partial charge in [0.1, 0.15) is 17.6 Å². The molecule has 1 aromatic rings. The van der Waals surface area contributed by atoms with Crippen molar-refractivity contribution in [1.82, 2.24) is 4.98 Å². The predicted octanol–water partition coefficient (Wildman–Crippen LogP) is 1.18. The minimum atomic E-state index is -2.91. The van der Waals surface area contributed by atoms with Crippen molar-refractivity contribution in [3.8, 4) is 11.8 Å². The van der Waals surface area contributed by atoms with Crippen molar-refractivity contribution in [3.63, 3.8) is 0 Å². The Labute approximate surface area is 72.2 Å². The third-order valence-corrected chi connectivity index (χ3v) is 1.39. The number of alkyl halides is 2. The van der Waals surface area contributed by atoms with E-state index in [9.17, 15) is 8.78 Å². The van der Waals surface area contributed by atoms with E-state index in [-0.39, 0.29) is 11.4 Å². The summed E-state index contributed by atoms with van der Waals surface area (Å²) >= 11 is 0. The van der Waals surface area contributed by atoms with Crippen LogP contribution in [0.4, 0.5) is 14.6 Å². The first-order valence-electron chi connectivity index (χ1n) is 3.24. The molecule has 0 radical (unpaired) electrons. The Morgan fingerprint density at radius 3 is 2.69 bits per heavy atom. The van der Waals surface area contributed by atoms with Crippen molar-refractivity contribution >= 4 is 5.82 Å². The van der Waals surface area contributed by atoms with Gasteiger partial charge in [-0.25, -0.2) is 13.8 Å². The third kappa shape index (κ3) is 1.64. The highest BCUT2D eigenvalue weighted by Crippen LogP contribution is 2.28. The fourth-order valence-electron chi connectivity index (χ4n) is 0.782. The van der Waals surface area contributed by atoms with Crippen LogP contribution in [0.15, 0.2) is 6.07 Å². The van der Waals surface area contributed by atoms with Crippen LogP contribution in [0.1, 0.15) is 17.7 Å². The van der Waals surface area contributed by atoms with Gasteiger partial charge in [0.15, 0.2) is 5.69 Å². The van der Waals surface area contributed by atoms with Crippen LogP contribution in [0, 0.1) is 11.3 Å². The molecule has 0 saturated carbocycles. The highest BCUT2D eigenvalue weighted by atomic mass is 19.3. The van der Waals surface area contributed by atoms with Crippen LogP contribution < -0.4 is 5.73 Å². The molecule has 0 fully saturated rings. The standard InChI is InChI=1S/C7H5F2N3O/c8-6(9)5-4(13)1-3(2-10)7(11)12-5/h1,6,13H,(H2,11,12). The maximum Gasteiger partial charge on any atom is 0.284 e. The molecule has 3 N–H and O–H groups in total. The smallest absolute Gasteiger partial charge is 0.284 e. The molecule has 13 heavy (non-hydrogen) atoms. The van der Waals surface area contributed by atoms with Gasteiger partial charge in [-0.2, -0.15) is 5.26 Å². The molecule has 0 aromatic carbocycles. The van der Waals surface area contributed by atoms with Crippen molar-refractivity contribution in [2.24, 2.45) is 0 Å². The van der Waals surface area contributed by atoms with Crippen molar-refractivity contribution in [2.75, 3.05) is 5.73 Å². The van der Waals surface area contributed by atoms with Crippen molar-refractivity contribution < 1.29 is 13.9 Å². The van der Waals surface area contributed by atoms with Crippen LogP contribution in [0.3, 0.4) is 0 Å².